The normalized spacial score (nSPS) is 16.2. The van der Waals surface area contributed by atoms with Crippen LogP contribution in [0.15, 0.2) is 36.4 Å². The maximum atomic E-state index is 15.3. The molecule has 4 aromatic rings. The van der Waals surface area contributed by atoms with Crippen LogP contribution in [0, 0.1) is 30.2 Å². The molecule has 0 saturated carbocycles. The predicted octanol–water partition coefficient (Wildman–Crippen LogP) is 5.03. The van der Waals surface area contributed by atoms with Gasteiger partial charge in [0.15, 0.2) is 23.3 Å². The first-order valence-electron chi connectivity index (χ1n) is 11.2. The number of aliphatic hydroxyl groups is 1. The number of H-pyrrole nitrogens is 1. The van der Waals surface area contributed by atoms with E-state index in [0.29, 0.717) is 37.4 Å². The number of nitrogens with zero attached hydrogens (tertiary/aromatic N) is 2. The maximum Gasteiger partial charge on any atom is 0.337 e. The molecule has 1 aliphatic rings. The van der Waals surface area contributed by atoms with Crippen LogP contribution in [0.2, 0.25) is 0 Å². The average Bonchev–Trinajstić information content (AvgIpc) is 3.41. The molecule has 0 unspecified atom stereocenters. The number of hydrogen-bond acceptors (Lipinski definition) is 4. The topological polar surface area (TPSA) is 89.4 Å². The molecular weight excluding hydrogens is 478 g/mol. The summed E-state index contributed by atoms with van der Waals surface area (Å²) >= 11 is 0. The van der Waals surface area contributed by atoms with E-state index in [0.717, 1.165) is 6.07 Å². The Morgan fingerprint density at radius 1 is 1.06 bits per heavy atom. The van der Waals surface area contributed by atoms with Gasteiger partial charge < -0.3 is 15.2 Å². The highest BCUT2D eigenvalue weighted by Crippen LogP contribution is 2.38. The molecule has 6 nitrogen and oxygen atoms in total. The summed E-state index contributed by atoms with van der Waals surface area (Å²) < 4.78 is 61.1. The Hall–Kier alpha value is -3.76. The van der Waals surface area contributed by atoms with Gasteiger partial charge in [-0.1, -0.05) is 18.2 Å². The number of hydrogen-bond donors (Lipinski definition) is 3. The number of β-amino-alcohol motifs (C(OH)–C–C–N with tert-alkyl or cyclic N) is 1. The standard InChI is InChI=1S/C26H21F4N3O3/c1-12-31-18-9-15(8-17(26(35)36)25(18)32-12)20-23(29)21(27)19(22(28)24(20)30)14-4-2-3-13(7-14)10-33-6-5-16(34)11-33/h2-4,7-9,16,34H,5-6,10-11H2,1H3,(H,31,32)(H,35,36)/t16-/m1/s1. The minimum Gasteiger partial charge on any atom is -0.478 e. The Morgan fingerprint density at radius 2 is 1.72 bits per heavy atom. The molecule has 0 aliphatic carbocycles. The van der Waals surface area contributed by atoms with Crippen molar-refractivity contribution >= 4 is 17.0 Å². The van der Waals surface area contributed by atoms with E-state index in [-0.39, 0.29) is 27.7 Å². The van der Waals surface area contributed by atoms with Crippen LogP contribution in [0.1, 0.15) is 28.2 Å². The number of aromatic carboxylic acids is 1. The lowest BCUT2D eigenvalue weighted by Gasteiger charge is -2.17. The Labute approximate surface area is 202 Å². The smallest absolute Gasteiger partial charge is 0.337 e. The maximum absolute atomic E-state index is 15.3. The Kier molecular flexibility index (Phi) is 6.01. The molecule has 0 bridgehead atoms. The van der Waals surface area contributed by atoms with Crippen molar-refractivity contribution < 1.29 is 32.6 Å². The zero-order chi connectivity index (χ0) is 25.7. The summed E-state index contributed by atoms with van der Waals surface area (Å²) in [7, 11) is 0. The first kappa shape index (κ1) is 24.0. The lowest BCUT2D eigenvalue weighted by molar-refractivity contribution is 0.0699. The average molecular weight is 499 g/mol. The van der Waals surface area contributed by atoms with Crippen LogP contribution in [0.5, 0.6) is 0 Å². The second-order valence-corrected chi connectivity index (χ2v) is 8.93. The largest absolute Gasteiger partial charge is 0.478 e. The third-order valence-corrected chi connectivity index (χ3v) is 6.36. The number of benzene rings is 3. The predicted molar refractivity (Wildman–Crippen MR) is 124 cm³/mol. The quantitative estimate of drug-likeness (QED) is 0.265. The van der Waals surface area contributed by atoms with E-state index >= 15 is 17.6 Å². The highest BCUT2D eigenvalue weighted by Gasteiger charge is 2.29. The fraction of sp³-hybridized carbons (Fsp3) is 0.231. The molecule has 0 amide bonds. The minimum atomic E-state index is -1.64. The Balaban J connectivity index is 1.61. The molecule has 186 valence electrons. The third-order valence-electron chi connectivity index (χ3n) is 6.36. The molecule has 3 N–H and O–H groups in total. The molecule has 5 rings (SSSR count). The van der Waals surface area contributed by atoms with Crippen molar-refractivity contribution in [2.45, 2.75) is 26.0 Å². The third kappa shape index (κ3) is 4.12. The molecule has 1 aromatic heterocycles. The van der Waals surface area contributed by atoms with Gasteiger partial charge in [0, 0.05) is 19.6 Å². The first-order chi connectivity index (χ1) is 17.1. The molecule has 2 heterocycles. The van der Waals surface area contributed by atoms with Gasteiger partial charge in [-0.3, -0.25) is 4.90 Å². The second-order valence-electron chi connectivity index (χ2n) is 8.93. The molecule has 1 atom stereocenters. The summed E-state index contributed by atoms with van der Waals surface area (Å²) in [5.41, 5.74) is -1.73. The highest BCUT2D eigenvalue weighted by atomic mass is 19.2. The molecule has 36 heavy (non-hydrogen) atoms. The van der Waals surface area contributed by atoms with Crippen LogP contribution in [0.25, 0.3) is 33.3 Å². The van der Waals surface area contributed by atoms with E-state index in [1.807, 2.05) is 4.90 Å². The highest BCUT2D eigenvalue weighted by molar-refractivity contribution is 6.03. The minimum absolute atomic E-state index is 0.0440. The van der Waals surface area contributed by atoms with E-state index in [9.17, 15) is 15.0 Å². The van der Waals surface area contributed by atoms with Crippen molar-refractivity contribution in [3.05, 3.63) is 76.6 Å². The van der Waals surface area contributed by atoms with E-state index < -0.39 is 46.5 Å². The fourth-order valence-electron chi connectivity index (χ4n) is 4.73. The van der Waals surface area contributed by atoms with Gasteiger partial charge in [-0.25, -0.2) is 27.3 Å². The van der Waals surface area contributed by atoms with Crippen molar-refractivity contribution in [3.8, 4) is 22.3 Å². The van der Waals surface area contributed by atoms with Gasteiger partial charge in [-0.2, -0.15) is 0 Å². The molecular formula is C26H21F4N3O3. The molecule has 0 spiro atoms. The number of halogens is 4. The summed E-state index contributed by atoms with van der Waals surface area (Å²) in [6.07, 6.45) is 0.180. The summed E-state index contributed by atoms with van der Waals surface area (Å²) in [6, 6.07) is 8.20. The number of aromatic nitrogens is 2. The van der Waals surface area contributed by atoms with E-state index in [2.05, 4.69) is 9.97 Å². The first-order valence-corrected chi connectivity index (χ1v) is 11.2. The lowest BCUT2D eigenvalue weighted by atomic mass is 9.95. The van der Waals surface area contributed by atoms with E-state index in [1.165, 1.54) is 24.3 Å². The molecule has 1 aliphatic heterocycles. The van der Waals surface area contributed by atoms with Crippen LogP contribution in [-0.2, 0) is 6.54 Å². The molecule has 3 aromatic carbocycles. The second kappa shape index (κ2) is 9.03. The number of likely N-dealkylation sites (tertiary alicyclic amines) is 1. The molecule has 1 fully saturated rings. The number of rotatable bonds is 5. The number of carboxylic acids is 1. The van der Waals surface area contributed by atoms with Crippen molar-refractivity contribution in [1.82, 2.24) is 14.9 Å². The van der Waals surface area contributed by atoms with Crippen molar-refractivity contribution in [3.63, 3.8) is 0 Å². The van der Waals surface area contributed by atoms with E-state index in [1.54, 1.807) is 13.0 Å². The Morgan fingerprint density at radius 3 is 2.33 bits per heavy atom. The van der Waals surface area contributed by atoms with Crippen molar-refractivity contribution in [1.29, 1.82) is 0 Å². The van der Waals surface area contributed by atoms with Crippen LogP contribution in [0.4, 0.5) is 17.6 Å². The van der Waals surface area contributed by atoms with Crippen molar-refractivity contribution in [2.75, 3.05) is 13.1 Å². The van der Waals surface area contributed by atoms with Crippen molar-refractivity contribution in [2.24, 2.45) is 0 Å². The van der Waals surface area contributed by atoms with Gasteiger partial charge in [0.05, 0.1) is 28.3 Å². The number of nitrogens with one attached hydrogen (secondary N) is 1. The van der Waals surface area contributed by atoms with E-state index in [4.69, 9.17) is 0 Å². The number of aromatic amines is 1. The number of aryl methyl sites for hydroxylation is 1. The molecule has 1 saturated heterocycles. The summed E-state index contributed by atoms with van der Waals surface area (Å²) in [6.45, 7) is 3.09. The van der Waals surface area contributed by atoms with Crippen LogP contribution in [0.3, 0.4) is 0 Å². The zero-order valence-electron chi connectivity index (χ0n) is 19.1. The van der Waals surface area contributed by atoms with Crippen LogP contribution < -0.4 is 0 Å². The summed E-state index contributed by atoms with van der Waals surface area (Å²) in [4.78, 5) is 20.5. The van der Waals surface area contributed by atoms with Gasteiger partial charge in [-0.05, 0) is 48.2 Å². The SMILES string of the molecule is Cc1nc2c(C(=O)O)cc(-c3c(F)c(F)c(-c4cccc(CN5CC[C@@H](O)C5)c4)c(F)c3F)cc2[nH]1. The number of fused-ring (bicyclic) bond motifs is 1. The van der Waals surface area contributed by atoms with Gasteiger partial charge in [0.1, 0.15) is 11.3 Å². The Bertz CT molecular complexity index is 1490. The number of carbonyl (C=O) groups is 1. The lowest BCUT2D eigenvalue weighted by Crippen LogP contribution is -2.21. The number of aliphatic hydroxyl groups excluding tert-OH is 1. The van der Waals surface area contributed by atoms with Gasteiger partial charge in [0.2, 0.25) is 0 Å². The van der Waals surface area contributed by atoms with Crippen LogP contribution >= 0.6 is 0 Å². The summed E-state index contributed by atoms with van der Waals surface area (Å²) in [5.74, 6) is -7.49. The fourth-order valence-corrected chi connectivity index (χ4v) is 4.73. The zero-order valence-corrected chi connectivity index (χ0v) is 19.1. The number of imidazole rings is 1. The van der Waals surface area contributed by atoms with Crippen LogP contribution in [-0.4, -0.2) is 50.2 Å². The summed E-state index contributed by atoms with van der Waals surface area (Å²) in [5, 5.41) is 19.2. The molecule has 10 heteroatoms. The van der Waals surface area contributed by atoms with Gasteiger partial charge >= 0.3 is 5.97 Å². The number of carboxylic acid groups (broad SMARTS) is 1. The van der Waals surface area contributed by atoms with Gasteiger partial charge in [0.25, 0.3) is 0 Å². The molecule has 0 radical (unpaired) electrons. The monoisotopic (exact) mass is 499 g/mol. The van der Waals surface area contributed by atoms with Gasteiger partial charge in [-0.15, -0.1) is 0 Å².